The van der Waals surface area contributed by atoms with Crippen molar-refractivity contribution >= 4 is 11.9 Å². The fourth-order valence-corrected chi connectivity index (χ4v) is 0.244. The lowest BCUT2D eigenvalue weighted by atomic mass is 10.4. The summed E-state index contributed by atoms with van der Waals surface area (Å²) in [5.41, 5.74) is -1.02. The highest BCUT2D eigenvalue weighted by atomic mass is 16.4. The molecule has 0 heterocycles. The monoisotopic (exact) mass is 145 g/mol. The Hall–Kier alpha value is -1.72. The van der Waals surface area contributed by atoms with Crippen molar-refractivity contribution in [2.24, 2.45) is 5.18 Å². The number of aliphatic carboxylic acids is 2. The summed E-state index contributed by atoms with van der Waals surface area (Å²) in [5, 5.41) is 17.9. The third-order valence-electron chi connectivity index (χ3n) is 0.578. The molecule has 0 bridgehead atoms. The van der Waals surface area contributed by atoms with Crippen LogP contribution in [-0.4, -0.2) is 22.2 Å². The average Bonchev–Trinajstić information content (AvgIpc) is 1.81. The van der Waals surface area contributed by atoms with E-state index in [-0.39, 0.29) is 6.08 Å². The van der Waals surface area contributed by atoms with E-state index in [0.29, 0.717) is 0 Å². The second kappa shape index (κ2) is 3.33. The molecule has 0 aromatic rings. The van der Waals surface area contributed by atoms with Crippen LogP contribution in [0.4, 0.5) is 0 Å². The van der Waals surface area contributed by atoms with Crippen LogP contribution in [-0.2, 0) is 9.59 Å². The zero-order chi connectivity index (χ0) is 8.15. The van der Waals surface area contributed by atoms with Crippen LogP contribution in [0, 0.1) is 4.91 Å². The number of carbonyl (C=O) groups is 2. The maximum atomic E-state index is 9.84. The van der Waals surface area contributed by atoms with Gasteiger partial charge in [-0.2, -0.15) is 0 Å². The first-order chi connectivity index (χ1) is 4.57. The quantitative estimate of drug-likeness (QED) is 0.422. The number of rotatable bonds is 3. The number of hydrogen-bond donors (Lipinski definition) is 2. The molecule has 0 amide bonds. The first-order valence-electron chi connectivity index (χ1n) is 2.09. The van der Waals surface area contributed by atoms with Crippen molar-refractivity contribution < 1.29 is 19.8 Å². The molecular formula is C4H3NO5. The van der Waals surface area contributed by atoms with E-state index in [1.54, 1.807) is 0 Å². The van der Waals surface area contributed by atoms with E-state index in [0.717, 1.165) is 0 Å². The molecule has 0 unspecified atom stereocenters. The molecule has 0 atom stereocenters. The van der Waals surface area contributed by atoms with Gasteiger partial charge in [-0.25, -0.2) is 9.59 Å². The van der Waals surface area contributed by atoms with Crippen molar-refractivity contribution in [2.75, 3.05) is 0 Å². The van der Waals surface area contributed by atoms with Crippen LogP contribution in [0.25, 0.3) is 0 Å². The smallest absolute Gasteiger partial charge is 0.358 e. The van der Waals surface area contributed by atoms with Crippen molar-refractivity contribution in [1.82, 2.24) is 0 Å². The minimum Gasteiger partial charge on any atom is -0.478 e. The second-order valence-electron chi connectivity index (χ2n) is 1.26. The minimum absolute atomic E-state index is 0.218. The summed E-state index contributed by atoms with van der Waals surface area (Å²) in [7, 11) is 0. The van der Waals surface area contributed by atoms with Gasteiger partial charge < -0.3 is 10.2 Å². The van der Waals surface area contributed by atoms with Gasteiger partial charge >= 0.3 is 11.9 Å². The molecule has 0 aromatic heterocycles. The van der Waals surface area contributed by atoms with Gasteiger partial charge in [0.05, 0.1) is 6.08 Å². The summed E-state index contributed by atoms with van der Waals surface area (Å²) < 4.78 is 0. The maximum absolute atomic E-state index is 9.84. The van der Waals surface area contributed by atoms with Crippen LogP contribution in [0.3, 0.4) is 0 Å². The molecule has 2 N–H and O–H groups in total. The molecule has 0 rings (SSSR count). The Bertz CT molecular complexity index is 206. The highest BCUT2D eigenvalue weighted by Crippen LogP contribution is 1.94. The zero-order valence-corrected chi connectivity index (χ0v) is 4.64. The molecule has 0 radical (unpaired) electrons. The van der Waals surface area contributed by atoms with E-state index >= 15 is 0 Å². The average molecular weight is 145 g/mol. The van der Waals surface area contributed by atoms with Crippen LogP contribution in [0.1, 0.15) is 0 Å². The number of carboxylic acid groups (broad SMARTS) is 2. The molecule has 6 heteroatoms. The molecular weight excluding hydrogens is 142 g/mol. The van der Waals surface area contributed by atoms with Crippen LogP contribution in [0.15, 0.2) is 16.9 Å². The molecule has 0 spiro atoms. The Kier molecular flexibility index (Phi) is 2.76. The van der Waals surface area contributed by atoms with E-state index in [1.165, 1.54) is 0 Å². The summed E-state index contributed by atoms with van der Waals surface area (Å²) in [5.74, 6) is -3.17. The van der Waals surface area contributed by atoms with Gasteiger partial charge in [0.2, 0.25) is 0 Å². The van der Waals surface area contributed by atoms with Crippen molar-refractivity contribution in [3.63, 3.8) is 0 Å². The van der Waals surface area contributed by atoms with E-state index in [4.69, 9.17) is 10.2 Å². The van der Waals surface area contributed by atoms with E-state index in [1.807, 2.05) is 5.18 Å². The van der Waals surface area contributed by atoms with Gasteiger partial charge in [-0.05, 0) is 5.18 Å². The molecule has 0 saturated heterocycles. The number of carboxylic acids is 2. The first-order valence-corrected chi connectivity index (χ1v) is 2.09. The zero-order valence-electron chi connectivity index (χ0n) is 4.64. The van der Waals surface area contributed by atoms with Crippen LogP contribution >= 0.6 is 0 Å². The number of hydrogen-bond acceptors (Lipinski definition) is 4. The van der Waals surface area contributed by atoms with Crippen LogP contribution in [0.2, 0.25) is 0 Å². The molecule has 0 fully saturated rings. The third kappa shape index (κ3) is 2.55. The Morgan fingerprint density at radius 3 is 1.90 bits per heavy atom. The van der Waals surface area contributed by atoms with Crippen LogP contribution < -0.4 is 0 Å². The predicted molar refractivity (Wildman–Crippen MR) is 29.1 cm³/mol. The fraction of sp³-hybridized carbons (Fsp3) is 0. The van der Waals surface area contributed by atoms with Crippen LogP contribution in [0.5, 0.6) is 0 Å². The SMILES string of the molecule is O=N/C(=C/C(=O)O)C(=O)O. The molecule has 0 aliphatic heterocycles. The highest BCUT2D eigenvalue weighted by molar-refractivity contribution is 5.94. The summed E-state index contributed by atoms with van der Waals surface area (Å²) in [6.45, 7) is 0. The Labute approximate surface area is 54.8 Å². The lowest BCUT2D eigenvalue weighted by Gasteiger charge is -1.83. The van der Waals surface area contributed by atoms with Gasteiger partial charge in [-0.1, -0.05) is 0 Å². The van der Waals surface area contributed by atoms with Gasteiger partial charge in [-0.15, -0.1) is 4.91 Å². The Balaban J connectivity index is 4.49. The largest absolute Gasteiger partial charge is 0.478 e. The third-order valence-corrected chi connectivity index (χ3v) is 0.578. The predicted octanol–water partition coefficient (Wildman–Crippen LogP) is -0.194. The summed E-state index contributed by atoms with van der Waals surface area (Å²) in [6.07, 6.45) is 0.218. The van der Waals surface area contributed by atoms with Crippen molar-refractivity contribution in [2.45, 2.75) is 0 Å². The Morgan fingerprint density at radius 1 is 1.30 bits per heavy atom. The first kappa shape index (κ1) is 8.28. The Morgan fingerprint density at radius 2 is 1.80 bits per heavy atom. The van der Waals surface area contributed by atoms with Crippen molar-refractivity contribution in [3.8, 4) is 0 Å². The molecule has 10 heavy (non-hydrogen) atoms. The van der Waals surface area contributed by atoms with E-state index < -0.39 is 17.6 Å². The molecule has 6 nitrogen and oxygen atoms in total. The maximum Gasteiger partial charge on any atom is 0.358 e. The molecule has 54 valence electrons. The summed E-state index contributed by atoms with van der Waals surface area (Å²) in [6, 6.07) is 0. The van der Waals surface area contributed by atoms with Gasteiger partial charge in [0.25, 0.3) is 0 Å². The lowest BCUT2D eigenvalue weighted by Crippen LogP contribution is -2.00. The molecule has 0 aromatic carbocycles. The van der Waals surface area contributed by atoms with E-state index in [2.05, 4.69) is 0 Å². The van der Waals surface area contributed by atoms with Gasteiger partial charge in [-0.3, -0.25) is 0 Å². The highest BCUT2D eigenvalue weighted by Gasteiger charge is 2.08. The van der Waals surface area contributed by atoms with Crippen molar-refractivity contribution in [1.29, 1.82) is 0 Å². The lowest BCUT2D eigenvalue weighted by molar-refractivity contribution is -0.135. The van der Waals surface area contributed by atoms with Crippen molar-refractivity contribution in [3.05, 3.63) is 16.7 Å². The molecule has 0 aliphatic rings. The minimum atomic E-state index is -1.66. The van der Waals surface area contributed by atoms with Gasteiger partial charge in [0.1, 0.15) is 0 Å². The molecule has 0 aliphatic carbocycles. The standard InChI is InChI=1S/C4H3NO5/c6-3(7)1-2(5-10)4(8)9/h1H,(H,6,7)(H,8,9)/b2-1+. The number of nitrogens with zero attached hydrogens (tertiary/aromatic N) is 1. The van der Waals surface area contributed by atoms with Gasteiger partial charge in [0.15, 0.2) is 5.70 Å². The fourth-order valence-electron chi connectivity index (χ4n) is 0.244. The summed E-state index contributed by atoms with van der Waals surface area (Å²) >= 11 is 0. The topological polar surface area (TPSA) is 104 Å². The number of nitroso groups, excluding NO2 is 1. The van der Waals surface area contributed by atoms with E-state index in [9.17, 15) is 14.5 Å². The van der Waals surface area contributed by atoms with Gasteiger partial charge in [0, 0.05) is 0 Å². The normalized spacial score (nSPS) is 10.6. The molecule has 0 saturated carbocycles. The summed E-state index contributed by atoms with van der Waals surface area (Å²) in [4.78, 5) is 29.1. The second-order valence-corrected chi connectivity index (χ2v) is 1.26.